The first kappa shape index (κ1) is 33.8. The maximum absolute atomic E-state index is 11.4. The number of ether oxygens (including phenoxy) is 2. The number of aliphatic hydroxyl groups is 1. The Balaban J connectivity index is 1.78. The molecule has 4 rings (SSSR count). The fourth-order valence-electron chi connectivity index (χ4n) is 5.12. The molecule has 0 amide bonds. The molecule has 3 aromatic rings. The first-order valence-corrected chi connectivity index (χ1v) is 21.3. The SMILES string of the molecule is CC(C)(C)[Si](C)(C)O[C@@H]1[C@H](O[Si](C)(C)C(C)(C)C)[C@@H](COC(c2ccccc2)(c2ccccc2)c2ccccc2)O[C@H]1O. The summed E-state index contributed by atoms with van der Waals surface area (Å²) in [5, 5.41) is 11.3. The normalized spacial score (nSPS) is 22.1. The highest BCUT2D eigenvalue weighted by Gasteiger charge is 2.54. The topological polar surface area (TPSA) is 57.2 Å². The third kappa shape index (κ3) is 7.09. The zero-order chi connectivity index (χ0) is 31.7. The van der Waals surface area contributed by atoms with E-state index in [9.17, 15) is 5.11 Å². The summed E-state index contributed by atoms with van der Waals surface area (Å²) in [6.45, 7) is 22.4. The van der Waals surface area contributed by atoms with Crippen LogP contribution in [0.5, 0.6) is 0 Å². The van der Waals surface area contributed by atoms with Gasteiger partial charge in [-0.05, 0) is 53.0 Å². The Hall–Kier alpha value is -2.11. The third-order valence-electron chi connectivity index (χ3n) is 9.76. The molecule has 1 fully saturated rings. The van der Waals surface area contributed by atoms with Crippen molar-refractivity contribution in [2.24, 2.45) is 0 Å². The highest BCUT2D eigenvalue weighted by molar-refractivity contribution is 6.74. The minimum absolute atomic E-state index is 0.0324. The van der Waals surface area contributed by atoms with Crippen LogP contribution in [0.2, 0.25) is 36.3 Å². The van der Waals surface area contributed by atoms with E-state index in [1.54, 1.807) is 0 Å². The predicted molar refractivity (Wildman–Crippen MR) is 180 cm³/mol. The summed E-state index contributed by atoms with van der Waals surface area (Å²) in [6.07, 6.45) is -2.74. The largest absolute Gasteiger partial charge is 0.408 e. The minimum atomic E-state index is -2.28. The van der Waals surface area contributed by atoms with Gasteiger partial charge < -0.3 is 23.4 Å². The van der Waals surface area contributed by atoms with Crippen LogP contribution >= 0.6 is 0 Å². The fraction of sp³-hybridized carbons (Fsp3) is 0.500. The van der Waals surface area contributed by atoms with Crippen molar-refractivity contribution in [1.82, 2.24) is 0 Å². The van der Waals surface area contributed by atoms with Crippen LogP contribution in [0.3, 0.4) is 0 Å². The number of hydrogen-bond donors (Lipinski definition) is 1. The van der Waals surface area contributed by atoms with Crippen LogP contribution in [0.15, 0.2) is 91.0 Å². The van der Waals surface area contributed by atoms with Gasteiger partial charge in [-0.2, -0.15) is 0 Å². The van der Waals surface area contributed by atoms with Crippen molar-refractivity contribution in [3.63, 3.8) is 0 Å². The van der Waals surface area contributed by atoms with Gasteiger partial charge in [0.1, 0.15) is 23.9 Å². The van der Waals surface area contributed by atoms with Gasteiger partial charge >= 0.3 is 0 Å². The quantitative estimate of drug-likeness (QED) is 0.182. The van der Waals surface area contributed by atoms with E-state index in [-0.39, 0.29) is 16.7 Å². The molecule has 43 heavy (non-hydrogen) atoms. The summed E-state index contributed by atoms with van der Waals surface area (Å²) in [6, 6.07) is 31.0. The highest BCUT2D eigenvalue weighted by atomic mass is 28.4. The molecule has 0 unspecified atom stereocenters. The number of rotatable bonds is 10. The average Bonchev–Trinajstić information content (AvgIpc) is 3.22. The zero-order valence-corrected chi connectivity index (χ0v) is 29.8. The van der Waals surface area contributed by atoms with Crippen LogP contribution in [0.25, 0.3) is 0 Å². The van der Waals surface area contributed by atoms with E-state index in [0.29, 0.717) is 0 Å². The monoisotopic (exact) mass is 620 g/mol. The smallest absolute Gasteiger partial charge is 0.192 e. The Labute approximate surface area is 261 Å². The Kier molecular flexibility index (Phi) is 9.99. The Morgan fingerprint density at radius 1 is 0.605 bits per heavy atom. The van der Waals surface area contributed by atoms with Gasteiger partial charge in [-0.1, -0.05) is 133 Å². The van der Waals surface area contributed by atoms with Crippen molar-refractivity contribution in [3.8, 4) is 0 Å². The molecule has 1 saturated heterocycles. The van der Waals surface area contributed by atoms with Gasteiger partial charge in [-0.15, -0.1) is 0 Å². The van der Waals surface area contributed by atoms with Crippen LogP contribution in [0.4, 0.5) is 0 Å². The molecule has 0 spiro atoms. The molecular weight excluding hydrogens is 569 g/mol. The lowest BCUT2D eigenvalue weighted by molar-refractivity contribution is -0.143. The fourth-order valence-corrected chi connectivity index (χ4v) is 7.72. The molecule has 7 heteroatoms. The van der Waals surface area contributed by atoms with Crippen molar-refractivity contribution in [2.75, 3.05) is 6.61 Å². The summed E-state index contributed by atoms with van der Waals surface area (Å²) in [5.41, 5.74) is 2.14. The Bertz CT molecular complexity index is 1200. The number of aliphatic hydroxyl groups excluding tert-OH is 1. The van der Waals surface area contributed by atoms with Crippen LogP contribution in [-0.2, 0) is 23.9 Å². The molecular formula is C36H52O5Si2. The van der Waals surface area contributed by atoms with E-state index in [1.165, 1.54) is 0 Å². The summed E-state index contributed by atoms with van der Waals surface area (Å²) >= 11 is 0. The van der Waals surface area contributed by atoms with Gasteiger partial charge in [0.05, 0.1) is 6.61 Å². The second-order valence-corrected chi connectivity index (χ2v) is 24.4. The van der Waals surface area contributed by atoms with E-state index in [2.05, 4.69) is 104 Å². The van der Waals surface area contributed by atoms with Crippen molar-refractivity contribution in [2.45, 2.75) is 108 Å². The Morgan fingerprint density at radius 3 is 1.30 bits per heavy atom. The first-order valence-electron chi connectivity index (χ1n) is 15.5. The van der Waals surface area contributed by atoms with Crippen LogP contribution in [-0.4, -0.2) is 53.0 Å². The Morgan fingerprint density at radius 2 is 0.953 bits per heavy atom. The molecule has 0 radical (unpaired) electrons. The van der Waals surface area contributed by atoms with Crippen LogP contribution in [0, 0.1) is 0 Å². The van der Waals surface area contributed by atoms with Gasteiger partial charge in [0.25, 0.3) is 0 Å². The standard InChI is InChI=1S/C36H52O5Si2/c1-34(2,3)42(7,8)40-31-30(39-33(37)32(31)41-43(9,10)35(4,5)6)26-38-36(27-20-14-11-15-21-27,28-22-16-12-17-23-28)29-24-18-13-19-25-29/h11-25,30-33,37H,26H2,1-10H3/t30-,31-,32-,33-/m1/s1. The summed E-state index contributed by atoms with van der Waals surface area (Å²) < 4.78 is 27.4. The molecule has 0 saturated carbocycles. The maximum atomic E-state index is 11.4. The molecule has 3 aromatic carbocycles. The molecule has 0 aromatic heterocycles. The number of hydrogen-bond acceptors (Lipinski definition) is 5. The van der Waals surface area contributed by atoms with Crippen molar-refractivity contribution in [3.05, 3.63) is 108 Å². The highest BCUT2D eigenvalue weighted by Crippen LogP contribution is 2.45. The van der Waals surface area contributed by atoms with E-state index in [0.717, 1.165) is 16.7 Å². The van der Waals surface area contributed by atoms with E-state index < -0.39 is 46.8 Å². The zero-order valence-electron chi connectivity index (χ0n) is 27.8. The van der Waals surface area contributed by atoms with Crippen molar-refractivity contribution >= 4 is 16.6 Å². The molecule has 5 nitrogen and oxygen atoms in total. The van der Waals surface area contributed by atoms with Crippen molar-refractivity contribution < 1.29 is 23.4 Å². The van der Waals surface area contributed by atoms with Crippen molar-refractivity contribution in [1.29, 1.82) is 0 Å². The van der Waals surface area contributed by atoms with Gasteiger partial charge in [-0.3, -0.25) is 0 Å². The van der Waals surface area contributed by atoms with Gasteiger partial charge in [-0.25, -0.2) is 0 Å². The predicted octanol–water partition coefficient (Wildman–Crippen LogP) is 8.49. The van der Waals surface area contributed by atoms with Crippen LogP contribution < -0.4 is 0 Å². The van der Waals surface area contributed by atoms with Gasteiger partial charge in [0.15, 0.2) is 22.9 Å². The lowest BCUT2D eigenvalue weighted by atomic mass is 9.80. The van der Waals surface area contributed by atoms with Gasteiger partial charge in [0.2, 0.25) is 0 Å². The molecule has 1 N–H and O–H groups in total. The van der Waals surface area contributed by atoms with E-state index in [4.69, 9.17) is 18.3 Å². The molecule has 0 aliphatic carbocycles. The maximum Gasteiger partial charge on any atom is 0.192 e. The lowest BCUT2D eigenvalue weighted by Crippen LogP contribution is -2.54. The molecule has 0 bridgehead atoms. The summed E-state index contributed by atoms with van der Waals surface area (Å²) in [7, 11) is -4.55. The summed E-state index contributed by atoms with van der Waals surface area (Å²) in [4.78, 5) is 0. The molecule has 1 aliphatic rings. The first-order chi connectivity index (χ1) is 20.0. The third-order valence-corrected chi connectivity index (χ3v) is 18.7. The molecule has 1 aliphatic heterocycles. The van der Waals surface area contributed by atoms with E-state index in [1.807, 2.05) is 54.6 Å². The molecule has 234 valence electrons. The summed E-state index contributed by atoms with van der Waals surface area (Å²) in [5.74, 6) is 0. The minimum Gasteiger partial charge on any atom is -0.408 e. The van der Waals surface area contributed by atoms with Crippen LogP contribution in [0.1, 0.15) is 58.2 Å². The second-order valence-electron chi connectivity index (χ2n) is 14.8. The average molecular weight is 621 g/mol. The molecule has 4 atom stereocenters. The molecule has 1 heterocycles. The van der Waals surface area contributed by atoms with Gasteiger partial charge in [0, 0.05) is 0 Å². The lowest BCUT2D eigenvalue weighted by Gasteiger charge is -2.44. The number of benzene rings is 3. The van der Waals surface area contributed by atoms with E-state index >= 15 is 0 Å². The second kappa shape index (κ2) is 12.7.